The number of H-pyrrole nitrogens is 2. The number of nitrogens with zero attached hydrogens (tertiary/aromatic N) is 5. The molecular formula is C30H26FN7O. The van der Waals surface area contributed by atoms with Crippen LogP contribution in [-0.4, -0.2) is 61.3 Å². The van der Waals surface area contributed by atoms with Crippen LogP contribution in [0.15, 0.2) is 73.2 Å². The van der Waals surface area contributed by atoms with Crippen LogP contribution in [0.2, 0.25) is 0 Å². The smallest absolute Gasteiger partial charge is 0.138 e. The maximum absolute atomic E-state index is 13.5. The predicted molar refractivity (Wildman–Crippen MR) is 149 cm³/mol. The molecule has 6 heterocycles. The lowest BCUT2D eigenvalue weighted by Crippen LogP contribution is -2.25. The maximum atomic E-state index is 13.5. The molecule has 2 N–H and O–H groups in total. The number of hydrogen-bond donors (Lipinski definition) is 2. The fourth-order valence-corrected chi connectivity index (χ4v) is 5.20. The zero-order valence-electron chi connectivity index (χ0n) is 21.2. The highest BCUT2D eigenvalue weighted by atomic mass is 19.1. The van der Waals surface area contributed by atoms with Crippen molar-refractivity contribution in [2.45, 2.75) is 12.8 Å². The quantitative estimate of drug-likeness (QED) is 0.275. The Balaban J connectivity index is 1.20. The van der Waals surface area contributed by atoms with Gasteiger partial charge in [-0.15, -0.1) is 0 Å². The largest absolute Gasteiger partial charge is 0.491 e. The van der Waals surface area contributed by atoms with E-state index < -0.39 is 0 Å². The van der Waals surface area contributed by atoms with E-state index in [4.69, 9.17) is 9.72 Å². The van der Waals surface area contributed by atoms with Crippen LogP contribution < -0.4 is 4.74 Å². The van der Waals surface area contributed by atoms with Gasteiger partial charge in [-0.3, -0.25) is 20.0 Å². The van der Waals surface area contributed by atoms with Crippen molar-refractivity contribution in [3.8, 4) is 39.7 Å². The highest BCUT2D eigenvalue weighted by molar-refractivity contribution is 5.99. The Kier molecular flexibility index (Phi) is 5.97. The summed E-state index contributed by atoms with van der Waals surface area (Å²) in [5, 5.41) is 8.59. The molecule has 1 aromatic carbocycles. The minimum Gasteiger partial charge on any atom is -0.491 e. The van der Waals surface area contributed by atoms with Gasteiger partial charge >= 0.3 is 0 Å². The molecule has 0 radical (unpaired) electrons. The van der Waals surface area contributed by atoms with Gasteiger partial charge in [0.2, 0.25) is 0 Å². The average Bonchev–Trinajstić information content (AvgIpc) is 3.73. The summed E-state index contributed by atoms with van der Waals surface area (Å²) in [6.45, 7) is 3.87. The number of aromatic amines is 2. The van der Waals surface area contributed by atoms with Crippen LogP contribution in [0.25, 0.3) is 55.8 Å². The van der Waals surface area contributed by atoms with Gasteiger partial charge in [-0.05, 0) is 80.5 Å². The highest BCUT2D eigenvalue weighted by Crippen LogP contribution is 2.33. The lowest BCUT2D eigenvalue weighted by atomic mass is 10.1. The Labute approximate surface area is 223 Å². The van der Waals surface area contributed by atoms with Gasteiger partial charge < -0.3 is 9.72 Å². The minimum absolute atomic E-state index is 0.278. The van der Waals surface area contributed by atoms with E-state index in [1.165, 1.54) is 25.0 Å². The molecule has 0 amide bonds. The Morgan fingerprint density at radius 2 is 1.77 bits per heavy atom. The molecule has 0 bridgehead atoms. The van der Waals surface area contributed by atoms with E-state index in [1.807, 2.05) is 30.3 Å². The second-order valence-electron chi connectivity index (χ2n) is 9.78. The molecule has 9 heteroatoms. The van der Waals surface area contributed by atoms with Crippen LogP contribution in [0.3, 0.4) is 0 Å². The molecule has 0 spiro atoms. The van der Waals surface area contributed by atoms with Crippen molar-refractivity contribution >= 4 is 21.9 Å². The summed E-state index contributed by atoms with van der Waals surface area (Å²) in [5.41, 5.74) is 7.29. The molecule has 0 unspecified atom stereocenters. The number of benzene rings is 1. The van der Waals surface area contributed by atoms with Crippen LogP contribution in [0.4, 0.5) is 4.39 Å². The summed E-state index contributed by atoms with van der Waals surface area (Å²) < 4.78 is 19.5. The number of rotatable bonds is 7. The van der Waals surface area contributed by atoms with Gasteiger partial charge in [-0.2, -0.15) is 5.10 Å². The number of aromatic nitrogens is 6. The lowest BCUT2D eigenvalue weighted by Gasteiger charge is -2.15. The second-order valence-corrected chi connectivity index (χ2v) is 9.78. The molecule has 39 heavy (non-hydrogen) atoms. The van der Waals surface area contributed by atoms with E-state index in [1.54, 1.807) is 30.7 Å². The van der Waals surface area contributed by atoms with Crippen molar-refractivity contribution in [1.82, 2.24) is 35.0 Å². The number of hydrogen-bond acceptors (Lipinski definition) is 6. The average molecular weight is 520 g/mol. The first-order valence-corrected chi connectivity index (χ1v) is 13.1. The molecule has 1 fully saturated rings. The van der Waals surface area contributed by atoms with Gasteiger partial charge in [0.15, 0.2) is 0 Å². The molecule has 1 aliphatic rings. The fraction of sp³-hybridized carbons (Fsp3) is 0.200. The summed E-state index contributed by atoms with van der Waals surface area (Å²) in [7, 11) is 0. The predicted octanol–water partition coefficient (Wildman–Crippen LogP) is 5.84. The second kappa shape index (κ2) is 9.92. The monoisotopic (exact) mass is 519 g/mol. The highest BCUT2D eigenvalue weighted by Gasteiger charge is 2.16. The molecule has 0 saturated carbocycles. The van der Waals surface area contributed by atoms with Gasteiger partial charge in [-0.25, -0.2) is 9.37 Å². The van der Waals surface area contributed by atoms with Crippen LogP contribution >= 0.6 is 0 Å². The number of ether oxygens (including phenoxy) is 1. The van der Waals surface area contributed by atoms with Crippen molar-refractivity contribution in [2.24, 2.45) is 0 Å². The molecule has 6 aromatic rings. The topological polar surface area (TPSA) is 95.6 Å². The van der Waals surface area contributed by atoms with Gasteiger partial charge in [0.1, 0.15) is 29.4 Å². The molecule has 7 rings (SSSR count). The Morgan fingerprint density at radius 3 is 2.64 bits per heavy atom. The zero-order chi connectivity index (χ0) is 26.2. The molecule has 1 saturated heterocycles. The number of pyridine rings is 3. The third kappa shape index (κ3) is 4.61. The van der Waals surface area contributed by atoms with E-state index in [9.17, 15) is 4.39 Å². The normalized spacial score (nSPS) is 14.0. The summed E-state index contributed by atoms with van der Waals surface area (Å²) >= 11 is 0. The third-order valence-electron chi connectivity index (χ3n) is 7.21. The SMILES string of the molecule is Fc1ccc(-c2nccc3[nH]c(-c4n[nH]c5ccc(-c6cncc(OCCN7CCCC7)c6)nc45)cc23)cc1. The van der Waals surface area contributed by atoms with E-state index in [2.05, 4.69) is 30.0 Å². The molecular weight excluding hydrogens is 493 g/mol. The number of likely N-dealkylation sites (tertiary alicyclic amines) is 1. The Bertz CT molecular complexity index is 1770. The number of halogens is 1. The van der Waals surface area contributed by atoms with Crippen LogP contribution in [0.5, 0.6) is 5.75 Å². The third-order valence-corrected chi connectivity index (χ3v) is 7.21. The summed E-state index contributed by atoms with van der Waals surface area (Å²) in [4.78, 5) is 19.8. The Hall–Kier alpha value is -4.63. The van der Waals surface area contributed by atoms with Crippen molar-refractivity contribution in [3.63, 3.8) is 0 Å². The molecule has 8 nitrogen and oxygen atoms in total. The maximum Gasteiger partial charge on any atom is 0.138 e. The molecule has 0 atom stereocenters. The minimum atomic E-state index is -0.278. The van der Waals surface area contributed by atoms with Crippen LogP contribution in [0.1, 0.15) is 12.8 Å². The summed E-state index contributed by atoms with van der Waals surface area (Å²) in [6, 6.07) is 16.2. The van der Waals surface area contributed by atoms with Crippen molar-refractivity contribution in [2.75, 3.05) is 26.2 Å². The Morgan fingerprint density at radius 1 is 0.897 bits per heavy atom. The summed E-state index contributed by atoms with van der Waals surface area (Å²) in [6.07, 6.45) is 7.82. The van der Waals surface area contributed by atoms with Crippen molar-refractivity contribution in [1.29, 1.82) is 0 Å². The lowest BCUT2D eigenvalue weighted by molar-refractivity contribution is 0.237. The first kappa shape index (κ1) is 23.5. The van der Waals surface area contributed by atoms with Gasteiger partial charge in [-0.1, -0.05) is 0 Å². The number of fused-ring (bicyclic) bond motifs is 2. The first-order chi connectivity index (χ1) is 19.2. The van der Waals surface area contributed by atoms with Crippen molar-refractivity contribution < 1.29 is 9.13 Å². The summed E-state index contributed by atoms with van der Waals surface area (Å²) in [5.74, 6) is 0.456. The zero-order valence-corrected chi connectivity index (χ0v) is 21.2. The molecule has 194 valence electrons. The molecule has 5 aromatic heterocycles. The van der Waals surface area contributed by atoms with Gasteiger partial charge in [0, 0.05) is 41.0 Å². The first-order valence-electron chi connectivity index (χ1n) is 13.1. The van der Waals surface area contributed by atoms with Crippen LogP contribution in [0, 0.1) is 5.82 Å². The fourth-order valence-electron chi connectivity index (χ4n) is 5.20. The van der Waals surface area contributed by atoms with Gasteiger partial charge in [0.25, 0.3) is 0 Å². The standard InChI is InChI=1S/C30H26FN7O/c31-21-5-3-19(4-6-21)28-23-16-27(34-25(23)9-10-33-28)30-29-26(36-37-30)8-7-24(35-29)20-15-22(18-32-17-20)39-14-13-38-11-1-2-12-38/h3-10,15-18,34H,1-2,11-14H2,(H,36,37). The number of nitrogens with one attached hydrogen (secondary N) is 2. The molecule has 1 aliphatic heterocycles. The van der Waals surface area contributed by atoms with E-state index in [-0.39, 0.29) is 5.82 Å². The molecule has 0 aliphatic carbocycles. The van der Waals surface area contributed by atoms with E-state index in [0.717, 1.165) is 75.5 Å². The van der Waals surface area contributed by atoms with E-state index in [0.29, 0.717) is 12.3 Å². The van der Waals surface area contributed by atoms with Crippen LogP contribution in [-0.2, 0) is 0 Å². The van der Waals surface area contributed by atoms with E-state index >= 15 is 0 Å². The van der Waals surface area contributed by atoms with Crippen molar-refractivity contribution in [3.05, 3.63) is 79.0 Å². The van der Waals surface area contributed by atoms with Gasteiger partial charge in [0.05, 0.1) is 28.8 Å².